The zero-order valence-corrected chi connectivity index (χ0v) is 21.8. The molecule has 1 aromatic carbocycles. The number of pyridine rings is 1. The van der Waals surface area contributed by atoms with Crippen molar-refractivity contribution in [2.24, 2.45) is 11.8 Å². The first-order valence-corrected chi connectivity index (χ1v) is 12.9. The molecule has 0 radical (unpaired) electrons. The number of aromatic nitrogens is 1. The third-order valence-corrected chi connectivity index (χ3v) is 7.41. The predicted molar refractivity (Wildman–Crippen MR) is 139 cm³/mol. The number of nitrogens with zero attached hydrogens (tertiary/aromatic N) is 3. The number of amides is 2. The van der Waals surface area contributed by atoms with Crippen LogP contribution < -0.4 is 10.1 Å². The predicted octanol–water partition coefficient (Wildman–Crippen LogP) is 3.83. The van der Waals surface area contributed by atoms with Crippen LogP contribution in [0, 0.1) is 11.8 Å². The molecule has 0 saturated heterocycles. The standard InChI is InChI=1S/C28H38N4O4/c1-19-15-32(16-23-10-5-6-13-29-23)20(2)18-36-25-14-22(30-27(33)21-8-7-9-21)11-12-24(25)28(34)31(3)17-26(19)35-4/h5-6,10-14,19-21,26H,7-9,15-18H2,1-4H3,(H,30,33)/t19-,20-,26+/m1/s1. The van der Waals surface area contributed by atoms with Gasteiger partial charge in [-0.2, -0.15) is 0 Å². The van der Waals surface area contributed by atoms with E-state index in [1.54, 1.807) is 37.3 Å². The molecule has 2 aromatic rings. The van der Waals surface area contributed by atoms with Crippen LogP contribution in [0.25, 0.3) is 0 Å². The number of fused-ring (bicyclic) bond motifs is 1. The molecule has 1 fully saturated rings. The Morgan fingerprint density at radius 3 is 2.67 bits per heavy atom. The van der Waals surface area contributed by atoms with E-state index < -0.39 is 0 Å². The minimum atomic E-state index is -0.130. The number of ether oxygens (including phenoxy) is 2. The fourth-order valence-electron chi connectivity index (χ4n) is 4.76. The fourth-order valence-corrected chi connectivity index (χ4v) is 4.76. The van der Waals surface area contributed by atoms with Gasteiger partial charge in [0, 0.05) is 63.7 Å². The number of anilines is 1. The molecule has 0 bridgehead atoms. The summed E-state index contributed by atoms with van der Waals surface area (Å²) in [6.45, 7) is 6.59. The van der Waals surface area contributed by atoms with Crippen molar-refractivity contribution in [3.05, 3.63) is 53.9 Å². The maximum absolute atomic E-state index is 13.4. The Morgan fingerprint density at radius 1 is 1.19 bits per heavy atom. The number of carbonyl (C=O) groups is 2. The molecule has 1 saturated carbocycles. The van der Waals surface area contributed by atoms with Crippen molar-refractivity contribution in [3.8, 4) is 5.75 Å². The van der Waals surface area contributed by atoms with Gasteiger partial charge in [0.05, 0.1) is 17.4 Å². The number of benzene rings is 1. The lowest BCUT2D eigenvalue weighted by molar-refractivity contribution is -0.122. The van der Waals surface area contributed by atoms with Gasteiger partial charge in [-0.15, -0.1) is 0 Å². The minimum absolute atomic E-state index is 0.0321. The van der Waals surface area contributed by atoms with Crippen LogP contribution in [0.15, 0.2) is 42.6 Å². The summed E-state index contributed by atoms with van der Waals surface area (Å²) in [5.41, 5.74) is 2.12. The lowest BCUT2D eigenvalue weighted by Crippen LogP contribution is -2.46. The summed E-state index contributed by atoms with van der Waals surface area (Å²) in [6.07, 6.45) is 4.64. The molecule has 2 amide bonds. The third-order valence-electron chi connectivity index (χ3n) is 7.41. The molecule has 3 atom stereocenters. The number of carbonyl (C=O) groups excluding carboxylic acids is 2. The van der Waals surface area contributed by atoms with E-state index in [2.05, 4.69) is 29.0 Å². The number of likely N-dealkylation sites (N-methyl/N-ethyl adjacent to an activating group) is 1. The summed E-state index contributed by atoms with van der Waals surface area (Å²) in [5.74, 6) is 0.636. The number of hydrogen-bond donors (Lipinski definition) is 1. The van der Waals surface area contributed by atoms with E-state index in [9.17, 15) is 9.59 Å². The molecule has 1 N–H and O–H groups in total. The van der Waals surface area contributed by atoms with Gasteiger partial charge in [-0.1, -0.05) is 19.4 Å². The summed E-state index contributed by atoms with van der Waals surface area (Å²) in [4.78, 5) is 34.4. The molecule has 0 unspecified atom stereocenters. The summed E-state index contributed by atoms with van der Waals surface area (Å²) < 4.78 is 12.1. The Bertz CT molecular complexity index is 1040. The molecule has 0 spiro atoms. The highest BCUT2D eigenvalue weighted by Crippen LogP contribution is 2.30. The van der Waals surface area contributed by atoms with Crippen LogP contribution in [0.5, 0.6) is 5.75 Å². The highest BCUT2D eigenvalue weighted by Gasteiger charge is 2.29. The van der Waals surface area contributed by atoms with E-state index >= 15 is 0 Å². The Hall–Kier alpha value is -2.97. The first-order chi connectivity index (χ1) is 17.4. The zero-order chi connectivity index (χ0) is 25.7. The van der Waals surface area contributed by atoms with Crippen molar-refractivity contribution >= 4 is 17.5 Å². The maximum Gasteiger partial charge on any atom is 0.257 e. The normalized spacial score (nSPS) is 24.1. The molecular formula is C28H38N4O4. The van der Waals surface area contributed by atoms with Gasteiger partial charge in [0.25, 0.3) is 5.91 Å². The first-order valence-electron chi connectivity index (χ1n) is 12.9. The SMILES string of the molecule is CO[C@H]1CN(C)C(=O)c2ccc(NC(=O)C3CCC3)cc2OC[C@@H](C)N(Cc2ccccn2)C[C@H]1C. The molecule has 4 rings (SSSR count). The van der Waals surface area contributed by atoms with E-state index in [0.717, 1.165) is 31.5 Å². The van der Waals surface area contributed by atoms with Crippen LogP contribution in [0.1, 0.15) is 49.2 Å². The van der Waals surface area contributed by atoms with E-state index in [-0.39, 0.29) is 35.8 Å². The molecule has 36 heavy (non-hydrogen) atoms. The molecule has 1 aliphatic carbocycles. The van der Waals surface area contributed by atoms with Crippen molar-refractivity contribution in [2.75, 3.05) is 39.2 Å². The lowest BCUT2D eigenvalue weighted by Gasteiger charge is -2.36. The van der Waals surface area contributed by atoms with Gasteiger partial charge in [-0.3, -0.25) is 19.5 Å². The average Bonchev–Trinajstić information content (AvgIpc) is 2.83. The van der Waals surface area contributed by atoms with E-state index in [0.29, 0.717) is 36.7 Å². The van der Waals surface area contributed by atoms with Gasteiger partial charge in [-0.25, -0.2) is 0 Å². The second kappa shape index (κ2) is 11.8. The van der Waals surface area contributed by atoms with Gasteiger partial charge in [0.15, 0.2) is 0 Å². The first kappa shape index (κ1) is 26.1. The lowest BCUT2D eigenvalue weighted by atomic mass is 9.85. The van der Waals surface area contributed by atoms with Crippen molar-refractivity contribution in [1.82, 2.24) is 14.8 Å². The number of hydrogen-bond acceptors (Lipinski definition) is 6. The number of rotatable bonds is 5. The van der Waals surface area contributed by atoms with Crippen LogP contribution in [-0.2, 0) is 16.1 Å². The summed E-state index contributed by atoms with van der Waals surface area (Å²) in [5, 5.41) is 3.00. The maximum atomic E-state index is 13.4. The van der Waals surface area contributed by atoms with Gasteiger partial charge >= 0.3 is 0 Å². The highest BCUT2D eigenvalue weighted by atomic mass is 16.5. The topological polar surface area (TPSA) is 84.0 Å². The second-order valence-electron chi connectivity index (χ2n) is 10.2. The van der Waals surface area contributed by atoms with Crippen molar-refractivity contribution < 1.29 is 19.1 Å². The summed E-state index contributed by atoms with van der Waals surface area (Å²) >= 11 is 0. The van der Waals surface area contributed by atoms with Gasteiger partial charge in [0.2, 0.25) is 5.91 Å². The van der Waals surface area contributed by atoms with E-state index in [1.807, 2.05) is 24.4 Å². The van der Waals surface area contributed by atoms with Crippen molar-refractivity contribution in [2.45, 2.75) is 51.8 Å². The van der Waals surface area contributed by atoms with Crippen LogP contribution in [0.3, 0.4) is 0 Å². The smallest absolute Gasteiger partial charge is 0.257 e. The van der Waals surface area contributed by atoms with E-state index in [1.165, 1.54) is 0 Å². The zero-order valence-electron chi connectivity index (χ0n) is 21.8. The Kier molecular flexibility index (Phi) is 8.59. The van der Waals surface area contributed by atoms with Crippen LogP contribution in [-0.4, -0.2) is 72.6 Å². The van der Waals surface area contributed by atoms with Gasteiger partial charge < -0.3 is 19.7 Å². The second-order valence-corrected chi connectivity index (χ2v) is 10.2. The Balaban J connectivity index is 1.61. The van der Waals surface area contributed by atoms with Crippen LogP contribution in [0.4, 0.5) is 5.69 Å². The molecule has 8 heteroatoms. The Morgan fingerprint density at radius 2 is 2.00 bits per heavy atom. The van der Waals surface area contributed by atoms with Crippen molar-refractivity contribution in [1.29, 1.82) is 0 Å². The van der Waals surface area contributed by atoms with Crippen LogP contribution in [0.2, 0.25) is 0 Å². The van der Waals surface area contributed by atoms with Crippen molar-refractivity contribution in [3.63, 3.8) is 0 Å². The van der Waals surface area contributed by atoms with Crippen LogP contribution >= 0.6 is 0 Å². The van der Waals surface area contributed by atoms with Gasteiger partial charge in [-0.05, 0) is 49.9 Å². The molecule has 1 aromatic heterocycles. The number of nitrogens with one attached hydrogen (secondary N) is 1. The average molecular weight is 495 g/mol. The molecule has 1 aliphatic heterocycles. The molecule has 194 valence electrons. The Labute approximate surface area is 214 Å². The molecule has 2 heterocycles. The van der Waals surface area contributed by atoms with Gasteiger partial charge in [0.1, 0.15) is 12.4 Å². The molecular weight excluding hydrogens is 456 g/mol. The quantitative estimate of drug-likeness (QED) is 0.680. The number of methoxy groups -OCH3 is 1. The monoisotopic (exact) mass is 494 g/mol. The van der Waals surface area contributed by atoms with E-state index in [4.69, 9.17) is 9.47 Å². The largest absolute Gasteiger partial charge is 0.491 e. The molecule has 2 aliphatic rings. The summed E-state index contributed by atoms with van der Waals surface area (Å²) in [6, 6.07) is 11.3. The third kappa shape index (κ3) is 6.23. The minimum Gasteiger partial charge on any atom is -0.491 e. The molecule has 8 nitrogen and oxygen atoms in total. The summed E-state index contributed by atoms with van der Waals surface area (Å²) in [7, 11) is 3.49. The highest BCUT2D eigenvalue weighted by molar-refractivity contribution is 5.99. The fraction of sp³-hybridized carbons (Fsp3) is 0.536.